The van der Waals surface area contributed by atoms with E-state index in [1.54, 1.807) is 0 Å². The molecule has 0 N–H and O–H groups in total. The first-order valence-electron chi connectivity index (χ1n) is 6.43. The average molecular weight is 379 g/mol. The van der Waals surface area contributed by atoms with Crippen molar-refractivity contribution < 1.29 is 4.74 Å². The maximum atomic E-state index is 5.74. The second kappa shape index (κ2) is 9.82. The molecule has 2 nitrogen and oxygen atoms in total. The monoisotopic (exact) mass is 377 g/mol. The number of ether oxygens (including phenoxy) is 1. The zero-order valence-electron chi connectivity index (χ0n) is 10.9. The maximum absolute atomic E-state index is 5.74. The highest BCUT2D eigenvalue weighted by Gasteiger charge is 2.03. The Bertz CT molecular complexity index is 316. The Morgan fingerprint density at radius 2 is 1.83 bits per heavy atom. The van der Waals surface area contributed by atoms with Crippen molar-refractivity contribution in [1.82, 2.24) is 4.90 Å². The first kappa shape index (κ1) is 16.0. The van der Waals surface area contributed by atoms with Gasteiger partial charge in [-0.3, -0.25) is 4.90 Å². The van der Waals surface area contributed by atoms with Gasteiger partial charge in [-0.15, -0.1) is 0 Å². The summed E-state index contributed by atoms with van der Waals surface area (Å²) in [4.78, 5) is 2.44. The fourth-order valence-corrected chi connectivity index (χ4v) is 2.43. The van der Waals surface area contributed by atoms with E-state index in [4.69, 9.17) is 4.74 Å². The number of hydrogen-bond acceptors (Lipinski definition) is 2. The molecule has 0 amide bonds. The molecule has 0 aliphatic carbocycles. The molecule has 0 atom stereocenters. The van der Waals surface area contributed by atoms with Gasteiger partial charge in [-0.05, 0) is 37.2 Å². The molecule has 0 fully saturated rings. The lowest BCUT2D eigenvalue weighted by Gasteiger charge is -2.21. The van der Waals surface area contributed by atoms with Crippen LogP contribution in [0, 0.1) is 0 Å². The normalized spacial score (nSPS) is 10.9. The smallest absolute Gasteiger partial charge is 0.119 e. The second-order valence-electron chi connectivity index (χ2n) is 4.19. The average Bonchev–Trinajstić information content (AvgIpc) is 2.38. The Kier molecular flexibility index (Phi) is 8.72. The first-order valence-corrected chi connectivity index (χ1v) is 8.34. The molecule has 4 heteroatoms. The van der Waals surface area contributed by atoms with Crippen LogP contribution < -0.4 is 4.74 Å². The van der Waals surface area contributed by atoms with Crippen molar-refractivity contribution in [2.75, 3.05) is 31.6 Å². The van der Waals surface area contributed by atoms with Crippen LogP contribution in [0.3, 0.4) is 0 Å². The van der Waals surface area contributed by atoms with Gasteiger partial charge in [-0.1, -0.05) is 45.2 Å². The highest BCUT2D eigenvalue weighted by atomic mass is 79.9. The summed E-state index contributed by atoms with van der Waals surface area (Å²) < 4.78 is 6.82. The summed E-state index contributed by atoms with van der Waals surface area (Å²) in [6, 6.07) is 7.99. The number of halogens is 2. The van der Waals surface area contributed by atoms with E-state index in [9.17, 15) is 0 Å². The van der Waals surface area contributed by atoms with E-state index in [1.807, 2.05) is 24.3 Å². The predicted molar refractivity (Wildman–Crippen MR) is 84.8 cm³/mol. The van der Waals surface area contributed by atoms with Gasteiger partial charge < -0.3 is 4.74 Å². The molecule has 0 saturated heterocycles. The second-order valence-corrected chi connectivity index (χ2v) is 5.90. The minimum absolute atomic E-state index is 0.748. The lowest BCUT2D eigenvalue weighted by atomic mass is 10.3. The van der Waals surface area contributed by atoms with Crippen molar-refractivity contribution in [3.8, 4) is 5.75 Å². The Morgan fingerprint density at radius 3 is 2.44 bits per heavy atom. The molecular weight excluding hydrogens is 358 g/mol. The zero-order chi connectivity index (χ0) is 13.2. The van der Waals surface area contributed by atoms with Crippen LogP contribution in [-0.2, 0) is 0 Å². The topological polar surface area (TPSA) is 12.5 Å². The van der Waals surface area contributed by atoms with Gasteiger partial charge in [0, 0.05) is 22.9 Å². The van der Waals surface area contributed by atoms with Gasteiger partial charge in [0.25, 0.3) is 0 Å². The molecule has 18 heavy (non-hydrogen) atoms. The third-order valence-electron chi connectivity index (χ3n) is 2.72. The molecule has 0 bridgehead atoms. The van der Waals surface area contributed by atoms with Crippen LogP contribution in [0.2, 0.25) is 0 Å². The van der Waals surface area contributed by atoms with Crippen molar-refractivity contribution in [3.63, 3.8) is 0 Å². The SMILES string of the molecule is CCCCN(CCBr)CCOc1ccc(Br)cc1. The van der Waals surface area contributed by atoms with Crippen molar-refractivity contribution in [3.05, 3.63) is 28.7 Å². The molecule has 0 aliphatic heterocycles. The van der Waals surface area contributed by atoms with Gasteiger partial charge >= 0.3 is 0 Å². The molecule has 0 aromatic heterocycles. The van der Waals surface area contributed by atoms with Crippen molar-refractivity contribution >= 4 is 31.9 Å². The molecule has 0 radical (unpaired) electrons. The van der Waals surface area contributed by atoms with Crippen LogP contribution in [0.1, 0.15) is 19.8 Å². The number of hydrogen-bond donors (Lipinski definition) is 0. The highest BCUT2D eigenvalue weighted by Crippen LogP contribution is 2.15. The van der Waals surface area contributed by atoms with Gasteiger partial charge in [-0.2, -0.15) is 0 Å². The molecular formula is C14H21Br2NO. The van der Waals surface area contributed by atoms with E-state index in [-0.39, 0.29) is 0 Å². The standard InChI is InChI=1S/C14H21Br2NO/c1-2-3-9-17(10-8-15)11-12-18-14-6-4-13(16)5-7-14/h4-7H,2-3,8-12H2,1H3. The largest absolute Gasteiger partial charge is 0.492 e. The van der Waals surface area contributed by atoms with Gasteiger partial charge in [0.05, 0.1) is 0 Å². The Morgan fingerprint density at radius 1 is 1.11 bits per heavy atom. The van der Waals surface area contributed by atoms with Gasteiger partial charge in [-0.25, -0.2) is 0 Å². The summed E-state index contributed by atoms with van der Waals surface area (Å²) in [6.45, 7) is 6.21. The third kappa shape index (κ3) is 6.76. The molecule has 0 unspecified atom stereocenters. The minimum Gasteiger partial charge on any atom is -0.492 e. The first-order chi connectivity index (χ1) is 8.76. The Labute approximate surface area is 127 Å². The van der Waals surface area contributed by atoms with Gasteiger partial charge in [0.1, 0.15) is 12.4 Å². The van der Waals surface area contributed by atoms with Crippen LogP contribution in [-0.4, -0.2) is 36.5 Å². The van der Waals surface area contributed by atoms with E-state index in [0.29, 0.717) is 0 Å². The summed E-state index contributed by atoms with van der Waals surface area (Å²) in [5.41, 5.74) is 0. The van der Waals surface area contributed by atoms with Crippen LogP contribution in [0.4, 0.5) is 0 Å². The van der Waals surface area contributed by atoms with Crippen LogP contribution in [0.5, 0.6) is 5.75 Å². The zero-order valence-corrected chi connectivity index (χ0v) is 14.0. The molecule has 1 aromatic rings. The summed E-state index contributed by atoms with van der Waals surface area (Å²) in [5.74, 6) is 0.937. The van der Waals surface area contributed by atoms with Crippen LogP contribution in [0.25, 0.3) is 0 Å². The van der Waals surface area contributed by atoms with E-state index >= 15 is 0 Å². The number of unbranched alkanes of at least 4 members (excludes halogenated alkanes) is 1. The number of alkyl halides is 1. The summed E-state index contributed by atoms with van der Waals surface area (Å²) in [5, 5.41) is 1.02. The fourth-order valence-electron chi connectivity index (χ4n) is 1.66. The van der Waals surface area contributed by atoms with Crippen LogP contribution >= 0.6 is 31.9 Å². The molecule has 102 valence electrons. The fraction of sp³-hybridized carbons (Fsp3) is 0.571. The molecule has 0 saturated carbocycles. The summed E-state index contributed by atoms with van der Waals surface area (Å²) >= 11 is 6.92. The third-order valence-corrected chi connectivity index (χ3v) is 3.60. The molecule has 0 heterocycles. The lowest BCUT2D eigenvalue weighted by Crippen LogP contribution is -2.31. The minimum atomic E-state index is 0.748. The Hall–Kier alpha value is -0.0600. The van der Waals surface area contributed by atoms with Crippen molar-refractivity contribution in [2.45, 2.75) is 19.8 Å². The predicted octanol–water partition coefficient (Wildman–Crippen LogP) is 4.32. The Balaban J connectivity index is 2.26. The van der Waals surface area contributed by atoms with Crippen LogP contribution in [0.15, 0.2) is 28.7 Å². The van der Waals surface area contributed by atoms with E-state index in [1.165, 1.54) is 12.8 Å². The molecule has 1 aromatic carbocycles. The van der Waals surface area contributed by atoms with E-state index in [0.717, 1.165) is 41.8 Å². The quantitative estimate of drug-likeness (QED) is 0.593. The maximum Gasteiger partial charge on any atom is 0.119 e. The van der Waals surface area contributed by atoms with E-state index in [2.05, 4.69) is 43.7 Å². The molecule has 0 aliphatic rings. The summed E-state index contributed by atoms with van der Waals surface area (Å²) in [6.07, 6.45) is 2.50. The number of nitrogens with zero attached hydrogens (tertiary/aromatic N) is 1. The van der Waals surface area contributed by atoms with E-state index < -0.39 is 0 Å². The van der Waals surface area contributed by atoms with Crippen molar-refractivity contribution in [2.24, 2.45) is 0 Å². The number of benzene rings is 1. The van der Waals surface area contributed by atoms with Gasteiger partial charge in [0.15, 0.2) is 0 Å². The van der Waals surface area contributed by atoms with Gasteiger partial charge in [0.2, 0.25) is 0 Å². The highest BCUT2D eigenvalue weighted by molar-refractivity contribution is 9.10. The number of rotatable bonds is 9. The van der Waals surface area contributed by atoms with Crippen molar-refractivity contribution in [1.29, 1.82) is 0 Å². The summed E-state index contributed by atoms with van der Waals surface area (Å²) in [7, 11) is 0. The lowest BCUT2D eigenvalue weighted by molar-refractivity contribution is 0.215. The molecule has 1 rings (SSSR count). The molecule has 0 spiro atoms.